The second-order valence-electron chi connectivity index (χ2n) is 10.8. The van der Waals surface area contributed by atoms with Crippen LogP contribution in [-0.4, -0.2) is 12.1 Å². The molecule has 2 saturated carbocycles. The van der Waals surface area contributed by atoms with Crippen molar-refractivity contribution in [1.29, 1.82) is 0 Å². The first-order valence-electron chi connectivity index (χ1n) is 13.5. The smallest absolute Gasteiger partial charge is 0.338 e. The van der Waals surface area contributed by atoms with Gasteiger partial charge in [-0.05, 0) is 123 Å². The van der Waals surface area contributed by atoms with Crippen molar-refractivity contribution in [2.24, 2.45) is 11.8 Å². The third kappa shape index (κ3) is 6.10. The molecule has 0 amide bonds. The Hall–Kier alpha value is -3.27. The fourth-order valence-corrected chi connectivity index (χ4v) is 6.39. The summed E-state index contributed by atoms with van der Waals surface area (Å²) in [7, 11) is 0. The van der Waals surface area contributed by atoms with E-state index in [2.05, 4.69) is 24.3 Å². The molecule has 2 aliphatic carbocycles. The van der Waals surface area contributed by atoms with Gasteiger partial charge in [0.1, 0.15) is 6.10 Å². The van der Waals surface area contributed by atoms with Crippen molar-refractivity contribution in [3.63, 3.8) is 0 Å². The molecule has 0 bridgehead atoms. The number of carbonyl (C=O) groups excluding carboxylic acids is 1. The van der Waals surface area contributed by atoms with Gasteiger partial charge in [-0.25, -0.2) is 4.79 Å². The maximum Gasteiger partial charge on any atom is 0.338 e. The fourth-order valence-electron chi connectivity index (χ4n) is 6.39. The number of carbonyl (C=O) groups is 1. The summed E-state index contributed by atoms with van der Waals surface area (Å²) in [5.74, 6) is 2.09. The highest BCUT2D eigenvalue weighted by Crippen LogP contribution is 2.43. The summed E-state index contributed by atoms with van der Waals surface area (Å²) < 4.78 is 5.80. The predicted molar refractivity (Wildman–Crippen MR) is 147 cm³/mol. The summed E-state index contributed by atoms with van der Waals surface area (Å²) in [6, 6.07) is 24.3. The second kappa shape index (κ2) is 11.2. The highest BCUT2D eigenvalue weighted by molar-refractivity contribution is 5.89. The van der Waals surface area contributed by atoms with E-state index in [9.17, 15) is 4.79 Å². The van der Waals surface area contributed by atoms with Crippen LogP contribution in [0.3, 0.4) is 0 Å². The van der Waals surface area contributed by atoms with Crippen molar-refractivity contribution >= 4 is 17.3 Å². The minimum atomic E-state index is -0.178. The molecule has 0 atom stereocenters. The number of nitrogen functional groups attached to an aromatic ring is 2. The Kier molecular flexibility index (Phi) is 7.60. The number of hydrogen-bond acceptors (Lipinski definition) is 4. The van der Waals surface area contributed by atoms with Crippen LogP contribution in [0.5, 0.6) is 0 Å². The van der Waals surface area contributed by atoms with Crippen LogP contribution in [0.25, 0.3) is 0 Å². The number of hydrogen-bond donors (Lipinski definition) is 2. The lowest BCUT2D eigenvalue weighted by Crippen LogP contribution is -2.29. The molecule has 0 aromatic heterocycles. The van der Waals surface area contributed by atoms with Crippen LogP contribution in [0, 0.1) is 11.8 Å². The molecule has 0 spiro atoms. The largest absolute Gasteiger partial charge is 0.459 e. The summed E-state index contributed by atoms with van der Waals surface area (Å²) in [5, 5.41) is 0. The van der Waals surface area contributed by atoms with Gasteiger partial charge < -0.3 is 16.2 Å². The minimum absolute atomic E-state index is 0.0765. The lowest BCUT2D eigenvalue weighted by atomic mass is 9.69. The molecular formula is C32H38N2O2. The van der Waals surface area contributed by atoms with Gasteiger partial charge in [0.15, 0.2) is 0 Å². The van der Waals surface area contributed by atoms with Gasteiger partial charge in [0.25, 0.3) is 0 Å². The topological polar surface area (TPSA) is 78.3 Å². The van der Waals surface area contributed by atoms with Crippen LogP contribution in [0.15, 0.2) is 72.8 Å². The van der Waals surface area contributed by atoms with Crippen LogP contribution >= 0.6 is 0 Å². The molecule has 2 fully saturated rings. The zero-order valence-electron chi connectivity index (χ0n) is 21.1. The van der Waals surface area contributed by atoms with Gasteiger partial charge in [-0.1, -0.05) is 42.5 Å². The third-order valence-corrected chi connectivity index (χ3v) is 8.34. The van der Waals surface area contributed by atoms with E-state index in [-0.39, 0.29) is 12.1 Å². The van der Waals surface area contributed by atoms with E-state index in [1.54, 1.807) is 6.07 Å². The zero-order chi connectivity index (χ0) is 24.9. The quantitative estimate of drug-likeness (QED) is 0.289. The zero-order valence-corrected chi connectivity index (χ0v) is 21.1. The van der Waals surface area contributed by atoms with Crippen LogP contribution < -0.4 is 11.5 Å². The van der Waals surface area contributed by atoms with E-state index in [0.29, 0.717) is 11.5 Å². The molecule has 36 heavy (non-hydrogen) atoms. The lowest BCUT2D eigenvalue weighted by Gasteiger charge is -2.37. The van der Waals surface area contributed by atoms with E-state index in [0.717, 1.165) is 48.0 Å². The molecular weight excluding hydrogens is 444 g/mol. The predicted octanol–water partition coefficient (Wildman–Crippen LogP) is 7.13. The van der Waals surface area contributed by atoms with Gasteiger partial charge in [-0.3, -0.25) is 0 Å². The molecule has 4 N–H and O–H groups in total. The molecule has 0 heterocycles. The monoisotopic (exact) mass is 482 g/mol. The maximum atomic E-state index is 12.4. The third-order valence-electron chi connectivity index (χ3n) is 8.34. The average molecular weight is 483 g/mol. The molecule has 0 saturated heterocycles. The van der Waals surface area contributed by atoms with Crippen LogP contribution in [0.2, 0.25) is 0 Å². The van der Waals surface area contributed by atoms with Gasteiger partial charge in [0.2, 0.25) is 0 Å². The standard InChI is InChI=1S/C32H38N2O2/c33-29-19-23(20-30(34)21-29)18-22-6-8-24(9-7-22)25-10-12-26(13-11-25)27-14-16-31(17-15-27)36-32(35)28-4-2-1-3-5-28/h1-9,19-21,25-27,31H,10-18,33-34H2. The van der Waals surface area contributed by atoms with Crippen molar-refractivity contribution in [3.05, 3.63) is 95.1 Å². The molecule has 2 aliphatic rings. The number of esters is 1. The Bertz CT molecular complexity index is 1120. The average Bonchev–Trinajstić information content (AvgIpc) is 2.90. The van der Waals surface area contributed by atoms with Gasteiger partial charge in [-0.2, -0.15) is 0 Å². The van der Waals surface area contributed by atoms with Gasteiger partial charge in [-0.15, -0.1) is 0 Å². The number of rotatable bonds is 6. The number of anilines is 2. The Labute approximate surface area is 215 Å². The summed E-state index contributed by atoms with van der Waals surface area (Å²) in [6.45, 7) is 0. The van der Waals surface area contributed by atoms with E-state index in [1.165, 1.54) is 49.7 Å². The van der Waals surface area contributed by atoms with Crippen molar-refractivity contribution in [3.8, 4) is 0 Å². The Morgan fingerprint density at radius 2 is 1.28 bits per heavy atom. The van der Waals surface area contributed by atoms with Crippen molar-refractivity contribution < 1.29 is 9.53 Å². The molecule has 3 aromatic carbocycles. The molecule has 0 aliphatic heterocycles. The molecule has 4 nitrogen and oxygen atoms in total. The fraction of sp³-hybridized carbons (Fsp3) is 0.406. The summed E-state index contributed by atoms with van der Waals surface area (Å²) >= 11 is 0. The summed E-state index contributed by atoms with van der Waals surface area (Å²) in [6.07, 6.45) is 10.5. The van der Waals surface area contributed by atoms with E-state index in [4.69, 9.17) is 16.2 Å². The van der Waals surface area contributed by atoms with E-state index in [1.807, 2.05) is 42.5 Å². The molecule has 188 valence electrons. The molecule has 0 unspecified atom stereocenters. The van der Waals surface area contributed by atoms with E-state index < -0.39 is 0 Å². The van der Waals surface area contributed by atoms with Crippen LogP contribution in [0.4, 0.5) is 11.4 Å². The number of ether oxygens (including phenoxy) is 1. The molecule has 5 rings (SSSR count). The first kappa shape index (κ1) is 24.4. The van der Waals surface area contributed by atoms with Gasteiger partial charge >= 0.3 is 5.97 Å². The van der Waals surface area contributed by atoms with Crippen molar-refractivity contribution in [2.45, 2.75) is 69.8 Å². The minimum Gasteiger partial charge on any atom is -0.459 e. The first-order valence-corrected chi connectivity index (χ1v) is 13.5. The van der Waals surface area contributed by atoms with Crippen molar-refractivity contribution in [2.75, 3.05) is 11.5 Å². The highest BCUT2D eigenvalue weighted by atomic mass is 16.5. The summed E-state index contributed by atoms with van der Waals surface area (Å²) in [4.78, 5) is 12.4. The Balaban J connectivity index is 1.07. The Morgan fingerprint density at radius 3 is 1.89 bits per heavy atom. The second-order valence-corrected chi connectivity index (χ2v) is 10.8. The van der Waals surface area contributed by atoms with Crippen molar-refractivity contribution in [1.82, 2.24) is 0 Å². The highest BCUT2D eigenvalue weighted by Gasteiger charge is 2.32. The van der Waals surface area contributed by atoms with E-state index >= 15 is 0 Å². The first-order chi connectivity index (χ1) is 17.5. The summed E-state index contributed by atoms with van der Waals surface area (Å²) in [5.41, 5.74) is 17.9. The van der Waals surface area contributed by atoms with Crippen LogP contribution in [0.1, 0.15) is 84.3 Å². The molecule has 4 heteroatoms. The normalized spacial score (nSPS) is 24.2. The number of benzene rings is 3. The number of nitrogens with two attached hydrogens (primary N) is 2. The SMILES string of the molecule is Nc1cc(N)cc(Cc2ccc(C3CCC(C4CCC(OC(=O)c5ccccc5)CC4)CC3)cc2)c1. The maximum absolute atomic E-state index is 12.4. The lowest BCUT2D eigenvalue weighted by molar-refractivity contribution is 0.0115. The molecule has 3 aromatic rings. The van der Waals surface area contributed by atoms with Gasteiger partial charge in [0, 0.05) is 11.4 Å². The molecule has 0 radical (unpaired) electrons. The van der Waals surface area contributed by atoms with Crippen LogP contribution in [-0.2, 0) is 11.2 Å². The Morgan fingerprint density at radius 1 is 0.694 bits per heavy atom. The van der Waals surface area contributed by atoms with Gasteiger partial charge in [0.05, 0.1) is 5.56 Å².